The van der Waals surface area contributed by atoms with Gasteiger partial charge in [-0.1, -0.05) is 0 Å². The maximum absolute atomic E-state index is 8.32. The van der Waals surface area contributed by atoms with Crippen molar-refractivity contribution in [1.29, 1.82) is 5.26 Å². The van der Waals surface area contributed by atoms with E-state index in [9.17, 15) is 0 Å². The van der Waals surface area contributed by atoms with Gasteiger partial charge in [-0.15, -0.1) is 12.1 Å². The predicted octanol–water partition coefficient (Wildman–Crippen LogP) is 1.13. The van der Waals surface area contributed by atoms with Gasteiger partial charge in [0.25, 0.3) is 0 Å². The number of nitrogens with zero attached hydrogens (tertiary/aromatic N) is 2. The summed E-state index contributed by atoms with van der Waals surface area (Å²) in [5.41, 5.74) is 1.24. The van der Waals surface area contributed by atoms with Crippen LogP contribution in [-0.4, -0.2) is 4.98 Å². The standard InChI is InChI=1S/C7H5N2.Y/c1-6-2-3-9-7(4-6)5-8;/h2-4H,1H2;/q-1;. The molecule has 0 fully saturated rings. The van der Waals surface area contributed by atoms with Crippen molar-refractivity contribution in [3.05, 3.63) is 36.5 Å². The Labute approximate surface area is 85.2 Å². The first-order valence-corrected chi connectivity index (χ1v) is 2.51. The van der Waals surface area contributed by atoms with E-state index in [2.05, 4.69) is 11.9 Å². The van der Waals surface area contributed by atoms with E-state index in [-0.39, 0.29) is 32.7 Å². The minimum Gasteiger partial charge on any atom is -0.272 e. The molecule has 0 saturated carbocycles. The van der Waals surface area contributed by atoms with Crippen molar-refractivity contribution >= 4 is 0 Å². The van der Waals surface area contributed by atoms with Crippen molar-refractivity contribution in [1.82, 2.24) is 4.98 Å². The molecule has 0 bridgehead atoms. The van der Waals surface area contributed by atoms with Crippen LogP contribution in [0.1, 0.15) is 11.3 Å². The summed E-state index contributed by atoms with van der Waals surface area (Å²) in [6.07, 6.45) is 1.57. The number of hydrogen-bond acceptors (Lipinski definition) is 2. The van der Waals surface area contributed by atoms with E-state index in [0.29, 0.717) is 5.69 Å². The predicted molar refractivity (Wildman–Crippen MR) is 33.4 cm³/mol. The quantitative estimate of drug-likeness (QED) is 0.596. The van der Waals surface area contributed by atoms with Crippen LogP contribution in [0.25, 0.3) is 0 Å². The van der Waals surface area contributed by atoms with Gasteiger partial charge in [-0.05, 0) is 6.20 Å². The Balaban J connectivity index is 0.000000810. The molecule has 0 atom stereocenters. The van der Waals surface area contributed by atoms with Crippen molar-refractivity contribution in [3.8, 4) is 6.07 Å². The van der Waals surface area contributed by atoms with E-state index in [1.807, 2.05) is 6.07 Å². The third-order valence-electron chi connectivity index (χ3n) is 0.939. The third kappa shape index (κ3) is 2.47. The fourth-order valence-corrected chi connectivity index (χ4v) is 0.535. The molecule has 0 spiro atoms. The Morgan fingerprint density at radius 1 is 1.60 bits per heavy atom. The number of rotatable bonds is 0. The summed E-state index contributed by atoms with van der Waals surface area (Å²) in [5.74, 6) is 0. The maximum atomic E-state index is 8.32. The summed E-state index contributed by atoms with van der Waals surface area (Å²) in [7, 11) is 0. The van der Waals surface area contributed by atoms with Crippen molar-refractivity contribution < 1.29 is 32.7 Å². The van der Waals surface area contributed by atoms with E-state index < -0.39 is 0 Å². The molecule has 0 saturated heterocycles. The first-order chi connectivity index (χ1) is 4.33. The van der Waals surface area contributed by atoms with Gasteiger partial charge in [-0.3, -0.25) is 4.98 Å². The average molecular weight is 206 g/mol. The van der Waals surface area contributed by atoms with Crippen molar-refractivity contribution in [3.63, 3.8) is 0 Å². The van der Waals surface area contributed by atoms with Crippen LogP contribution in [0.15, 0.2) is 18.3 Å². The molecule has 2 nitrogen and oxygen atoms in total. The molecule has 0 unspecified atom stereocenters. The SMILES string of the molecule is [CH2-]c1ccnc(C#N)c1.[Y]. The van der Waals surface area contributed by atoms with E-state index in [4.69, 9.17) is 5.26 Å². The Morgan fingerprint density at radius 3 is 2.70 bits per heavy atom. The van der Waals surface area contributed by atoms with Crippen molar-refractivity contribution in [2.75, 3.05) is 0 Å². The molecule has 0 aromatic carbocycles. The Morgan fingerprint density at radius 2 is 2.30 bits per heavy atom. The summed E-state index contributed by atoms with van der Waals surface area (Å²) >= 11 is 0. The van der Waals surface area contributed by atoms with E-state index >= 15 is 0 Å². The second-order valence-electron chi connectivity index (χ2n) is 1.66. The van der Waals surface area contributed by atoms with Crippen LogP contribution in [0.5, 0.6) is 0 Å². The fourth-order valence-electron chi connectivity index (χ4n) is 0.535. The number of hydrogen-bond donors (Lipinski definition) is 0. The van der Waals surface area contributed by atoms with Crippen LogP contribution in [0.4, 0.5) is 0 Å². The van der Waals surface area contributed by atoms with Gasteiger partial charge in [0, 0.05) is 32.7 Å². The molecule has 0 aliphatic carbocycles. The number of aromatic nitrogens is 1. The van der Waals surface area contributed by atoms with Gasteiger partial charge in [0.1, 0.15) is 6.07 Å². The Bertz CT molecular complexity index is 252. The summed E-state index contributed by atoms with van der Waals surface area (Å²) in [6.45, 7) is 3.64. The normalized spacial score (nSPS) is 7.50. The molecule has 0 aliphatic rings. The van der Waals surface area contributed by atoms with Gasteiger partial charge < -0.3 is 0 Å². The van der Waals surface area contributed by atoms with Crippen LogP contribution in [0, 0.1) is 18.3 Å². The molecule has 1 rings (SSSR count). The average Bonchev–Trinajstić information content (AvgIpc) is 1.88. The molecule has 1 aromatic heterocycles. The van der Waals surface area contributed by atoms with Gasteiger partial charge in [0.2, 0.25) is 0 Å². The fraction of sp³-hybridized carbons (Fsp3) is 0. The zero-order chi connectivity index (χ0) is 6.69. The van der Waals surface area contributed by atoms with E-state index in [1.165, 1.54) is 0 Å². The maximum Gasteiger partial charge on any atom is 0.106 e. The molecule has 10 heavy (non-hydrogen) atoms. The Hall–Kier alpha value is -0.386. The number of pyridine rings is 1. The minimum atomic E-state index is 0. The largest absolute Gasteiger partial charge is 0.272 e. The van der Waals surface area contributed by atoms with Crippen LogP contribution >= 0.6 is 0 Å². The van der Waals surface area contributed by atoms with Crippen LogP contribution in [-0.2, 0) is 32.7 Å². The molecule has 1 aromatic rings. The Kier molecular flexibility index (Phi) is 4.26. The second kappa shape index (κ2) is 4.43. The van der Waals surface area contributed by atoms with Crippen molar-refractivity contribution in [2.24, 2.45) is 0 Å². The smallest absolute Gasteiger partial charge is 0.106 e. The molecular formula is C7H5N2Y-. The van der Waals surface area contributed by atoms with E-state index in [0.717, 1.165) is 5.56 Å². The molecule has 3 heteroatoms. The summed E-state index contributed by atoms with van der Waals surface area (Å²) in [5, 5.41) is 8.32. The molecule has 0 N–H and O–H groups in total. The zero-order valence-corrected chi connectivity index (χ0v) is 8.25. The molecule has 47 valence electrons. The first kappa shape index (κ1) is 9.61. The second-order valence-corrected chi connectivity index (χ2v) is 1.66. The van der Waals surface area contributed by atoms with Gasteiger partial charge >= 0.3 is 0 Å². The first-order valence-electron chi connectivity index (χ1n) is 2.51. The topological polar surface area (TPSA) is 36.7 Å². The molecule has 1 heterocycles. The van der Waals surface area contributed by atoms with Crippen LogP contribution in [0.2, 0.25) is 0 Å². The van der Waals surface area contributed by atoms with Crippen LogP contribution < -0.4 is 0 Å². The van der Waals surface area contributed by atoms with E-state index in [1.54, 1.807) is 18.3 Å². The molecule has 0 amide bonds. The minimum absolute atomic E-state index is 0. The summed E-state index contributed by atoms with van der Waals surface area (Å²) in [6, 6.07) is 5.31. The summed E-state index contributed by atoms with van der Waals surface area (Å²) < 4.78 is 0. The summed E-state index contributed by atoms with van der Waals surface area (Å²) in [4.78, 5) is 3.76. The van der Waals surface area contributed by atoms with Gasteiger partial charge in [-0.25, -0.2) is 0 Å². The number of nitriles is 1. The molecule has 1 radical (unpaired) electrons. The van der Waals surface area contributed by atoms with Crippen molar-refractivity contribution in [2.45, 2.75) is 0 Å². The monoisotopic (exact) mass is 206 g/mol. The van der Waals surface area contributed by atoms with Gasteiger partial charge in [0.15, 0.2) is 0 Å². The molecule has 0 aliphatic heterocycles. The third-order valence-corrected chi connectivity index (χ3v) is 0.939. The zero-order valence-electron chi connectivity index (χ0n) is 5.41. The molecular weight excluding hydrogens is 201 g/mol. The van der Waals surface area contributed by atoms with Crippen LogP contribution in [0.3, 0.4) is 0 Å². The van der Waals surface area contributed by atoms with Gasteiger partial charge in [-0.2, -0.15) is 17.7 Å². The van der Waals surface area contributed by atoms with Gasteiger partial charge in [0.05, 0.1) is 5.69 Å².